The summed E-state index contributed by atoms with van der Waals surface area (Å²) in [6.45, 7) is 0.101. The number of hydrogen-bond acceptors (Lipinski definition) is 8. The maximum atomic E-state index is 12.9. The number of amides is 2. The summed E-state index contributed by atoms with van der Waals surface area (Å²) in [6, 6.07) is 17.5. The Kier molecular flexibility index (Phi) is 8.07. The topological polar surface area (TPSA) is 111 Å². The normalized spacial score (nSPS) is 14.1. The van der Waals surface area contributed by atoms with Gasteiger partial charge in [-0.15, -0.1) is 0 Å². The molecule has 0 aromatic heterocycles. The number of halogens is 1. The van der Waals surface area contributed by atoms with Crippen molar-refractivity contribution in [3.8, 4) is 11.5 Å². The van der Waals surface area contributed by atoms with E-state index in [9.17, 15) is 19.7 Å². The predicted octanol–water partition coefficient (Wildman–Crippen LogP) is 5.38. The molecule has 1 heterocycles. The number of nitrogens with one attached hydrogen (secondary N) is 1. The number of nitrogens with zero attached hydrogens (tertiary/aromatic N) is 2. The number of nitro groups is 1. The number of hydrogen-bond donors (Lipinski definition) is 1. The van der Waals surface area contributed by atoms with Crippen LogP contribution in [0.4, 0.5) is 5.69 Å². The molecule has 1 saturated heterocycles. The minimum atomic E-state index is -0.499. The molecule has 2 amide bonds. The van der Waals surface area contributed by atoms with Gasteiger partial charge in [-0.2, -0.15) is 5.01 Å². The Morgan fingerprint density at radius 2 is 1.92 bits per heavy atom. The fourth-order valence-corrected chi connectivity index (χ4v) is 4.60. The minimum Gasteiger partial charge on any atom is -0.493 e. The third kappa shape index (κ3) is 6.26. The molecule has 0 atom stereocenters. The van der Waals surface area contributed by atoms with Gasteiger partial charge < -0.3 is 9.47 Å². The van der Waals surface area contributed by atoms with Gasteiger partial charge in [0.1, 0.15) is 6.61 Å². The number of methoxy groups -OCH3 is 1. The molecule has 1 aliphatic rings. The van der Waals surface area contributed by atoms with Crippen LogP contribution in [-0.4, -0.2) is 33.2 Å². The Labute approximate surface area is 226 Å². The first-order valence-corrected chi connectivity index (χ1v) is 12.2. The Bertz CT molecular complexity index is 1430. The maximum absolute atomic E-state index is 12.9. The second-order valence-electron chi connectivity index (χ2n) is 7.59. The van der Waals surface area contributed by atoms with Crippen LogP contribution in [0.1, 0.15) is 21.5 Å². The van der Waals surface area contributed by atoms with Gasteiger partial charge in [-0.3, -0.25) is 25.1 Å². The summed E-state index contributed by atoms with van der Waals surface area (Å²) in [5.41, 5.74) is 4.09. The molecular formula is C25H18ClN3O6S2. The molecule has 0 unspecified atom stereocenters. The van der Waals surface area contributed by atoms with Crippen LogP contribution in [0.15, 0.2) is 71.6 Å². The SMILES string of the molecule is COc1cc(/C=C2/SC(=S)N(NC(=O)c3ccc(Cl)cc3)C2=O)ccc1OCc1cccc([N+](=O)[O-])c1. The van der Waals surface area contributed by atoms with E-state index in [4.69, 9.17) is 33.3 Å². The third-order valence-corrected chi connectivity index (χ3v) is 6.67. The maximum Gasteiger partial charge on any atom is 0.285 e. The lowest BCUT2D eigenvalue weighted by Gasteiger charge is -2.15. The number of thiocarbonyl (C=S) groups is 1. The van der Waals surface area contributed by atoms with E-state index in [1.54, 1.807) is 60.7 Å². The molecule has 188 valence electrons. The standard InChI is InChI=1S/C25H18ClN3O6S2/c1-34-21-12-15(5-10-20(21)35-14-16-3-2-4-19(11-16)29(32)33)13-22-24(31)28(25(36)37-22)27-23(30)17-6-8-18(26)9-7-17/h2-13H,14H2,1H3,(H,27,30)/b22-13+. The molecular weight excluding hydrogens is 538 g/mol. The summed E-state index contributed by atoms with van der Waals surface area (Å²) < 4.78 is 11.4. The largest absolute Gasteiger partial charge is 0.493 e. The molecule has 4 rings (SSSR count). The second kappa shape index (κ2) is 11.4. The van der Waals surface area contributed by atoms with Gasteiger partial charge in [-0.05, 0) is 65.8 Å². The Morgan fingerprint density at radius 3 is 2.62 bits per heavy atom. The molecule has 1 N–H and O–H groups in total. The van der Waals surface area contributed by atoms with Crippen LogP contribution >= 0.6 is 35.6 Å². The first kappa shape index (κ1) is 26.1. The van der Waals surface area contributed by atoms with E-state index in [0.29, 0.717) is 38.1 Å². The Hall–Kier alpha value is -3.93. The van der Waals surface area contributed by atoms with Crippen LogP contribution in [0.5, 0.6) is 11.5 Å². The Morgan fingerprint density at radius 1 is 1.16 bits per heavy atom. The molecule has 1 fully saturated rings. The van der Waals surface area contributed by atoms with Crippen molar-refractivity contribution in [1.29, 1.82) is 0 Å². The molecule has 12 heteroatoms. The summed E-state index contributed by atoms with van der Waals surface area (Å²) >= 11 is 12.2. The van der Waals surface area contributed by atoms with Crippen molar-refractivity contribution in [1.82, 2.24) is 10.4 Å². The van der Waals surface area contributed by atoms with Crippen molar-refractivity contribution in [2.45, 2.75) is 6.61 Å². The van der Waals surface area contributed by atoms with Crippen LogP contribution in [0, 0.1) is 10.1 Å². The molecule has 0 spiro atoms. The van der Waals surface area contributed by atoms with Crippen molar-refractivity contribution >= 4 is 63.5 Å². The van der Waals surface area contributed by atoms with E-state index in [1.165, 1.54) is 19.2 Å². The van der Waals surface area contributed by atoms with Crippen molar-refractivity contribution in [2.75, 3.05) is 7.11 Å². The van der Waals surface area contributed by atoms with E-state index >= 15 is 0 Å². The highest BCUT2D eigenvalue weighted by Crippen LogP contribution is 2.34. The number of benzene rings is 3. The van der Waals surface area contributed by atoms with Crippen LogP contribution < -0.4 is 14.9 Å². The second-order valence-corrected chi connectivity index (χ2v) is 9.70. The minimum absolute atomic E-state index is 0.0231. The monoisotopic (exact) mass is 555 g/mol. The zero-order chi connectivity index (χ0) is 26.5. The molecule has 0 saturated carbocycles. The van der Waals surface area contributed by atoms with Gasteiger partial charge >= 0.3 is 0 Å². The van der Waals surface area contributed by atoms with Gasteiger partial charge in [-0.1, -0.05) is 41.6 Å². The lowest BCUT2D eigenvalue weighted by molar-refractivity contribution is -0.384. The number of carbonyl (C=O) groups excluding carboxylic acids is 2. The first-order valence-electron chi connectivity index (χ1n) is 10.6. The third-order valence-electron chi connectivity index (χ3n) is 5.11. The van der Waals surface area contributed by atoms with E-state index < -0.39 is 16.7 Å². The van der Waals surface area contributed by atoms with Crippen LogP contribution in [0.25, 0.3) is 6.08 Å². The van der Waals surface area contributed by atoms with Crippen LogP contribution in [0.2, 0.25) is 5.02 Å². The lowest BCUT2D eigenvalue weighted by atomic mass is 10.1. The summed E-state index contributed by atoms with van der Waals surface area (Å²) in [4.78, 5) is 36.2. The molecule has 1 aliphatic heterocycles. The number of thioether (sulfide) groups is 1. The average Bonchev–Trinajstić information content (AvgIpc) is 3.15. The van der Waals surface area contributed by atoms with Gasteiger partial charge in [0, 0.05) is 22.7 Å². The quantitative estimate of drug-likeness (QED) is 0.171. The highest BCUT2D eigenvalue weighted by atomic mass is 35.5. The smallest absolute Gasteiger partial charge is 0.285 e. The highest BCUT2D eigenvalue weighted by molar-refractivity contribution is 8.26. The van der Waals surface area contributed by atoms with Gasteiger partial charge in [-0.25, -0.2) is 0 Å². The molecule has 37 heavy (non-hydrogen) atoms. The van der Waals surface area contributed by atoms with Gasteiger partial charge in [0.05, 0.1) is 16.9 Å². The van der Waals surface area contributed by atoms with E-state index in [2.05, 4.69) is 5.43 Å². The number of hydrazine groups is 1. The van der Waals surface area contributed by atoms with Gasteiger partial charge in [0.2, 0.25) is 0 Å². The number of nitro benzene ring substituents is 1. The van der Waals surface area contributed by atoms with Gasteiger partial charge in [0.15, 0.2) is 15.8 Å². The van der Waals surface area contributed by atoms with Gasteiger partial charge in [0.25, 0.3) is 17.5 Å². The Balaban J connectivity index is 1.46. The predicted molar refractivity (Wildman–Crippen MR) is 144 cm³/mol. The fraction of sp³-hybridized carbons (Fsp3) is 0.0800. The summed E-state index contributed by atoms with van der Waals surface area (Å²) in [5.74, 6) is -0.136. The summed E-state index contributed by atoms with van der Waals surface area (Å²) in [7, 11) is 1.48. The molecule has 0 aliphatic carbocycles. The van der Waals surface area contributed by atoms with E-state index in [0.717, 1.165) is 16.8 Å². The summed E-state index contributed by atoms with van der Waals surface area (Å²) in [6.07, 6.45) is 1.63. The molecule has 0 bridgehead atoms. The highest BCUT2D eigenvalue weighted by Gasteiger charge is 2.33. The van der Waals surface area contributed by atoms with E-state index in [-0.39, 0.29) is 16.6 Å². The number of ether oxygens (including phenoxy) is 2. The van der Waals surface area contributed by atoms with Crippen LogP contribution in [-0.2, 0) is 11.4 Å². The zero-order valence-corrected chi connectivity index (χ0v) is 21.6. The van der Waals surface area contributed by atoms with Crippen LogP contribution in [0.3, 0.4) is 0 Å². The van der Waals surface area contributed by atoms with Crippen molar-refractivity contribution in [3.05, 3.63) is 103 Å². The first-order chi connectivity index (χ1) is 17.7. The zero-order valence-electron chi connectivity index (χ0n) is 19.2. The molecule has 3 aromatic rings. The lowest BCUT2D eigenvalue weighted by Crippen LogP contribution is -2.44. The number of carbonyl (C=O) groups is 2. The molecule has 3 aromatic carbocycles. The average molecular weight is 556 g/mol. The van der Waals surface area contributed by atoms with Crippen molar-refractivity contribution in [3.63, 3.8) is 0 Å². The van der Waals surface area contributed by atoms with Crippen molar-refractivity contribution < 1.29 is 24.0 Å². The van der Waals surface area contributed by atoms with Crippen molar-refractivity contribution in [2.24, 2.45) is 0 Å². The number of non-ortho nitro benzene ring substituents is 1. The molecule has 0 radical (unpaired) electrons. The van der Waals surface area contributed by atoms with E-state index in [1.807, 2.05) is 0 Å². The molecule has 9 nitrogen and oxygen atoms in total. The summed E-state index contributed by atoms with van der Waals surface area (Å²) in [5, 5.41) is 12.5. The number of rotatable bonds is 8. The fourth-order valence-electron chi connectivity index (χ4n) is 3.30.